The Morgan fingerprint density at radius 2 is 2.00 bits per heavy atom. The van der Waals surface area contributed by atoms with Crippen molar-refractivity contribution in [2.45, 2.75) is 19.6 Å². The highest BCUT2D eigenvalue weighted by atomic mass is 16.5. The molecule has 2 aromatic rings. The smallest absolute Gasteiger partial charge is 0.255 e. The van der Waals surface area contributed by atoms with Crippen LogP contribution in [0.1, 0.15) is 21.5 Å². The molecule has 1 heterocycles. The van der Waals surface area contributed by atoms with E-state index < -0.39 is 0 Å². The lowest BCUT2D eigenvalue weighted by Crippen LogP contribution is -2.40. The highest BCUT2D eigenvalue weighted by Crippen LogP contribution is 2.24. The normalized spacial score (nSPS) is 17.1. The van der Waals surface area contributed by atoms with E-state index in [0.29, 0.717) is 31.1 Å². The second-order valence-electron chi connectivity index (χ2n) is 5.43. The van der Waals surface area contributed by atoms with Crippen molar-refractivity contribution in [3.63, 3.8) is 0 Å². The van der Waals surface area contributed by atoms with Crippen LogP contribution in [0, 0.1) is 6.92 Å². The lowest BCUT2D eigenvalue weighted by Gasteiger charge is -2.15. The highest BCUT2D eigenvalue weighted by Gasteiger charge is 2.24. The van der Waals surface area contributed by atoms with E-state index in [1.54, 1.807) is 0 Å². The van der Waals surface area contributed by atoms with Crippen molar-refractivity contribution >= 4 is 5.91 Å². The molecular weight excluding hydrogens is 278 g/mol. The van der Waals surface area contributed by atoms with Gasteiger partial charge in [-0.05, 0) is 24.1 Å². The Balaban J connectivity index is 1.59. The molecule has 0 unspecified atom stereocenters. The monoisotopic (exact) mass is 297 g/mol. The van der Waals surface area contributed by atoms with Gasteiger partial charge >= 0.3 is 0 Å². The number of hydrogen-bond donors (Lipinski definition) is 1. The summed E-state index contributed by atoms with van der Waals surface area (Å²) in [4.78, 5) is 12.3. The maximum Gasteiger partial charge on any atom is 0.255 e. The first-order valence-corrected chi connectivity index (χ1v) is 7.39. The number of amides is 1. The fourth-order valence-corrected chi connectivity index (χ4v) is 2.52. The number of carbonyl (C=O) groups is 1. The Morgan fingerprint density at radius 1 is 1.18 bits per heavy atom. The molecule has 0 fully saturated rings. The molecule has 2 aromatic carbocycles. The van der Waals surface area contributed by atoms with Gasteiger partial charge in [-0.1, -0.05) is 42.5 Å². The van der Waals surface area contributed by atoms with Gasteiger partial charge in [-0.2, -0.15) is 0 Å². The summed E-state index contributed by atoms with van der Waals surface area (Å²) in [6.45, 7) is 3.28. The van der Waals surface area contributed by atoms with E-state index in [0.717, 1.165) is 11.1 Å². The van der Waals surface area contributed by atoms with Crippen LogP contribution in [0.4, 0.5) is 0 Å². The van der Waals surface area contributed by atoms with Gasteiger partial charge in [0.25, 0.3) is 5.91 Å². The summed E-state index contributed by atoms with van der Waals surface area (Å²) in [5.41, 5.74) is 2.65. The topological polar surface area (TPSA) is 47.6 Å². The predicted octanol–water partition coefficient (Wildman–Crippen LogP) is 2.70. The minimum absolute atomic E-state index is 0.0982. The molecule has 1 atom stereocenters. The van der Waals surface area contributed by atoms with Crippen LogP contribution in [0.3, 0.4) is 0 Å². The molecule has 0 spiro atoms. The Bertz CT molecular complexity index is 655. The summed E-state index contributed by atoms with van der Waals surface area (Å²) in [7, 11) is 0. The summed E-state index contributed by atoms with van der Waals surface area (Å²) in [6, 6.07) is 15.5. The first-order chi connectivity index (χ1) is 10.7. The molecule has 0 aliphatic carbocycles. The first-order valence-electron chi connectivity index (χ1n) is 7.39. The molecule has 0 radical (unpaired) electrons. The zero-order valence-electron chi connectivity index (χ0n) is 12.5. The average Bonchev–Trinajstić information content (AvgIpc) is 2.68. The van der Waals surface area contributed by atoms with E-state index >= 15 is 0 Å². The van der Waals surface area contributed by atoms with Gasteiger partial charge < -0.3 is 14.8 Å². The van der Waals surface area contributed by atoms with E-state index in [1.807, 2.05) is 55.5 Å². The Kier molecular flexibility index (Phi) is 4.39. The summed E-state index contributed by atoms with van der Waals surface area (Å²) >= 11 is 0. The number of fused-ring (bicyclic) bond motifs is 1. The maximum absolute atomic E-state index is 12.3. The molecule has 1 amide bonds. The maximum atomic E-state index is 12.3. The largest absolute Gasteiger partial charge is 0.491 e. The summed E-state index contributed by atoms with van der Waals surface area (Å²) in [5, 5.41) is 2.97. The van der Waals surface area contributed by atoms with Crippen LogP contribution in [0.2, 0.25) is 0 Å². The standard InChI is InChI=1S/C18H19NO3/c1-13-6-5-9-16-17(13)18(20)19-15(12-22-16)11-21-10-14-7-3-2-4-8-14/h2-9,15H,10-12H2,1H3,(H,19,20)/t15-/m0/s1. The lowest BCUT2D eigenvalue weighted by atomic mass is 10.1. The van der Waals surface area contributed by atoms with Crippen molar-refractivity contribution in [2.75, 3.05) is 13.2 Å². The fraction of sp³-hybridized carbons (Fsp3) is 0.278. The number of nitrogens with one attached hydrogen (secondary N) is 1. The third-order valence-electron chi connectivity index (χ3n) is 3.67. The molecular formula is C18H19NO3. The van der Waals surface area contributed by atoms with Crippen molar-refractivity contribution in [1.82, 2.24) is 5.32 Å². The van der Waals surface area contributed by atoms with Crippen molar-refractivity contribution < 1.29 is 14.3 Å². The van der Waals surface area contributed by atoms with Gasteiger partial charge in [-0.3, -0.25) is 4.79 Å². The molecule has 0 bridgehead atoms. The second kappa shape index (κ2) is 6.62. The molecule has 1 aliphatic rings. The third kappa shape index (κ3) is 3.28. The molecule has 1 aliphatic heterocycles. The van der Waals surface area contributed by atoms with Gasteiger partial charge in [-0.25, -0.2) is 0 Å². The lowest BCUT2D eigenvalue weighted by molar-refractivity contribution is 0.0740. The molecule has 1 N–H and O–H groups in total. The molecule has 0 saturated heterocycles. The number of carbonyl (C=O) groups excluding carboxylic acids is 1. The van der Waals surface area contributed by atoms with Crippen LogP contribution >= 0.6 is 0 Å². The van der Waals surface area contributed by atoms with Crippen LogP contribution < -0.4 is 10.1 Å². The molecule has 114 valence electrons. The van der Waals surface area contributed by atoms with Crippen LogP contribution in [0.25, 0.3) is 0 Å². The van der Waals surface area contributed by atoms with Gasteiger partial charge in [0.05, 0.1) is 24.8 Å². The number of benzene rings is 2. The van der Waals surface area contributed by atoms with E-state index in [4.69, 9.17) is 9.47 Å². The SMILES string of the molecule is Cc1cccc2c1C(=O)N[C@@H](COCc1ccccc1)CO2. The van der Waals surface area contributed by atoms with Crippen LogP contribution in [0.15, 0.2) is 48.5 Å². The first kappa shape index (κ1) is 14.6. The van der Waals surface area contributed by atoms with E-state index in [9.17, 15) is 4.79 Å². The van der Waals surface area contributed by atoms with Crippen molar-refractivity contribution in [2.24, 2.45) is 0 Å². The zero-order valence-corrected chi connectivity index (χ0v) is 12.5. The summed E-state index contributed by atoms with van der Waals surface area (Å²) in [5.74, 6) is 0.543. The van der Waals surface area contributed by atoms with Gasteiger partial charge in [0, 0.05) is 0 Å². The van der Waals surface area contributed by atoms with E-state index in [-0.39, 0.29) is 11.9 Å². The van der Waals surface area contributed by atoms with Crippen molar-refractivity contribution in [3.8, 4) is 5.75 Å². The fourth-order valence-electron chi connectivity index (χ4n) is 2.52. The minimum atomic E-state index is -0.150. The average molecular weight is 297 g/mol. The second-order valence-corrected chi connectivity index (χ2v) is 5.43. The molecule has 22 heavy (non-hydrogen) atoms. The quantitative estimate of drug-likeness (QED) is 0.944. The molecule has 3 rings (SSSR count). The van der Waals surface area contributed by atoms with Gasteiger partial charge in [0.15, 0.2) is 0 Å². The van der Waals surface area contributed by atoms with Crippen molar-refractivity contribution in [1.29, 1.82) is 0 Å². The molecule has 0 saturated carbocycles. The Morgan fingerprint density at radius 3 is 2.82 bits per heavy atom. The van der Waals surface area contributed by atoms with Crippen LogP contribution in [-0.4, -0.2) is 25.2 Å². The third-order valence-corrected chi connectivity index (χ3v) is 3.67. The molecule has 4 nitrogen and oxygen atoms in total. The van der Waals surface area contributed by atoms with Crippen molar-refractivity contribution in [3.05, 3.63) is 65.2 Å². The summed E-state index contributed by atoms with van der Waals surface area (Å²) < 4.78 is 11.4. The van der Waals surface area contributed by atoms with Gasteiger partial charge in [0.1, 0.15) is 12.4 Å². The predicted molar refractivity (Wildman–Crippen MR) is 84.0 cm³/mol. The van der Waals surface area contributed by atoms with Gasteiger partial charge in [-0.15, -0.1) is 0 Å². The number of rotatable bonds is 4. The molecule has 0 aromatic heterocycles. The Hall–Kier alpha value is -2.33. The number of hydrogen-bond acceptors (Lipinski definition) is 3. The number of ether oxygens (including phenoxy) is 2. The van der Waals surface area contributed by atoms with Crippen LogP contribution in [-0.2, 0) is 11.3 Å². The van der Waals surface area contributed by atoms with E-state index in [2.05, 4.69) is 5.32 Å². The van der Waals surface area contributed by atoms with Gasteiger partial charge in [0.2, 0.25) is 0 Å². The summed E-state index contributed by atoms with van der Waals surface area (Å²) in [6.07, 6.45) is 0. The Labute approximate surface area is 130 Å². The minimum Gasteiger partial charge on any atom is -0.491 e. The van der Waals surface area contributed by atoms with Crippen LogP contribution in [0.5, 0.6) is 5.75 Å². The van der Waals surface area contributed by atoms with E-state index in [1.165, 1.54) is 0 Å². The number of aryl methyl sites for hydroxylation is 1. The highest BCUT2D eigenvalue weighted by molar-refractivity contribution is 5.98. The molecule has 4 heteroatoms. The zero-order chi connectivity index (χ0) is 15.4.